The Balaban J connectivity index is 1.37. The van der Waals surface area contributed by atoms with E-state index in [-0.39, 0.29) is 18.2 Å². The fourth-order valence-corrected chi connectivity index (χ4v) is 3.57. The number of hydrogen-bond donors (Lipinski definition) is 1. The number of carbonyl (C=O) groups is 1. The van der Waals surface area contributed by atoms with E-state index in [0.717, 1.165) is 5.56 Å². The van der Waals surface area contributed by atoms with Crippen molar-refractivity contribution in [2.24, 2.45) is 0 Å². The fourth-order valence-electron chi connectivity index (χ4n) is 3.57. The summed E-state index contributed by atoms with van der Waals surface area (Å²) in [5.41, 5.74) is 4.84. The van der Waals surface area contributed by atoms with Crippen LogP contribution in [0, 0.1) is 24.0 Å². The first-order valence-electron chi connectivity index (χ1n) is 10.7. The summed E-state index contributed by atoms with van der Waals surface area (Å²) in [5.74, 6) is 0.280. The molecule has 4 rings (SSSR count). The van der Waals surface area contributed by atoms with E-state index in [2.05, 4.69) is 29.5 Å². The molecule has 172 valence electrons. The second kappa shape index (κ2) is 9.99. The van der Waals surface area contributed by atoms with Gasteiger partial charge in [0.2, 0.25) is 0 Å². The number of carbonyl (C=O) groups excluding carboxylic acids is 1. The normalized spacial score (nSPS) is 10.6. The smallest absolute Gasteiger partial charge is 0.272 e. The summed E-state index contributed by atoms with van der Waals surface area (Å²) in [6.07, 6.45) is 3.42. The first-order chi connectivity index (χ1) is 16.4. The van der Waals surface area contributed by atoms with Crippen molar-refractivity contribution in [1.29, 1.82) is 0 Å². The number of aromatic nitrogens is 2. The largest absolute Gasteiger partial charge is 0.489 e. The maximum absolute atomic E-state index is 12.8. The lowest BCUT2D eigenvalue weighted by Crippen LogP contribution is -2.12. The highest BCUT2D eigenvalue weighted by Crippen LogP contribution is 2.24. The molecule has 8 nitrogen and oxygen atoms in total. The standard InChI is InChI=1S/C26H24N4O4/c1-18-6-3-4-8-22(18)15-29-16-23(14-27-29)28-26(31)21-9-5-7-20(13-21)17-34-24-10-11-25(30(32)33)19(2)12-24/h3-14,16H,15,17H2,1-2H3,(H,28,31). The third kappa shape index (κ3) is 5.47. The predicted molar refractivity (Wildman–Crippen MR) is 129 cm³/mol. The lowest BCUT2D eigenvalue weighted by molar-refractivity contribution is -0.385. The quantitative estimate of drug-likeness (QED) is 0.287. The van der Waals surface area contributed by atoms with Gasteiger partial charge in [0, 0.05) is 23.4 Å². The molecule has 4 aromatic rings. The molecule has 1 amide bonds. The van der Waals surface area contributed by atoms with Gasteiger partial charge in [-0.1, -0.05) is 36.4 Å². The van der Waals surface area contributed by atoms with Crippen LogP contribution in [-0.4, -0.2) is 20.6 Å². The summed E-state index contributed by atoms with van der Waals surface area (Å²) in [6, 6.07) is 19.9. The van der Waals surface area contributed by atoms with E-state index in [1.165, 1.54) is 17.2 Å². The van der Waals surface area contributed by atoms with Crippen molar-refractivity contribution in [3.05, 3.63) is 117 Å². The van der Waals surface area contributed by atoms with E-state index in [9.17, 15) is 14.9 Å². The first kappa shape index (κ1) is 22.7. The Morgan fingerprint density at radius 1 is 1.06 bits per heavy atom. The van der Waals surface area contributed by atoms with Gasteiger partial charge in [0.25, 0.3) is 11.6 Å². The molecule has 34 heavy (non-hydrogen) atoms. The molecule has 0 aliphatic rings. The van der Waals surface area contributed by atoms with Gasteiger partial charge in [-0.05, 0) is 54.8 Å². The van der Waals surface area contributed by atoms with E-state index < -0.39 is 4.92 Å². The zero-order valence-corrected chi connectivity index (χ0v) is 18.9. The number of nitro groups is 1. The van der Waals surface area contributed by atoms with Crippen LogP contribution in [0.5, 0.6) is 5.75 Å². The maximum atomic E-state index is 12.8. The fraction of sp³-hybridized carbons (Fsp3) is 0.154. The molecule has 1 aromatic heterocycles. The van der Waals surface area contributed by atoms with Crippen LogP contribution in [0.25, 0.3) is 0 Å². The molecule has 0 saturated heterocycles. The number of anilines is 1. The van der Waals surface area contributed by atoms with E-state index in [1.54, 1.807) is 54.3 Å². The van der Waals surface area contributed by atoms with Gasteiger partial charge in [-0.25, -0.2) is 0 Å². The number of benzene rings is 3. The van der Waals surface area contributed by atoms with Gasteiger partial charge < -0.3 is 10.1 Å². The molecule has 1 heterocycles. The van der Waals surface area contributed by atoms with Crippen LogP contribution in [0.3, 0.4) is 0 Å². The molecule has 0 bridgehead atoms. The molecule has 8 heteroatoms. The monoisotopic (exact) mass is 456 g/mol. The van der Waals surface area contributed by atoms with Crippen molar-refractivity contribution >= 4 is 17.3 Å². The number of rotatable bonds is 8. The molecule has 0 radical (unpaired) electrons. The van der Waals surface area contributed by atoms with E-state index in [4.69, 9.17) is 4.74 Å². The molecular weight excluding hydrogens is 432 g/mol. The molecule has 0 fully saturated rings. The van der Waals surface area contributed by atoms with Crippen LogP contribution < -0.4 is 10.1 Å². The Labute approximate surface area is 197 Å². The van der Waals surface area contributed by atoms with Gasteiger partial charge in [0.15, 0.2) is 0 Å². The van der Waals surface area contributed by atoms with Crippen molar-refractivity contribution < 1.29 is 14.5 Å². The summed E-state index contributed by atoms with van der Waals surface area (Å²) < 4.78 is 7.55. The van der Waals surface area contributed by atoms with Gasteiger partial charge in [-0.15, -0.1) is 0 Å². The minimum absolute atomic E-state index is 0.0493. The lowest BCUT2D eigenvalue weighted by Gasteiger charge is -2.09. The Morgan fingerprint density at radius 3 is 2.65 bits per heavy atom. The Bertz CT molecular complexity index is 1350. The Morgan fingerprint density at radius 2 is 1.88 bits per heavy atom. The predicted octanol–water partition coefficient (Wildman–Crippen LogP) is 5.29. The number of ether oxygens (including phenoxy) is 1. The van der Waals surface area contributed by atoms with Gasteiger partial charge in [-0.2, -0.15) is 5.10 Å². The highest BCUT2D eigenvalue weighted by Gasteiger charge is 2.12. The van der Waals surface area contributed by atoms with Crippen LogP contribution in [-0.2, 0) is 13.2 Å². The minimum Gasteiger partial charge on any atom is -0.489 e. The van der Waals surface area contributed by atoms with Crippen molar-refractivity contribution in [2.75, 3.05) is 5.32 Å². The van der Waals surface area contributed by atoms with Crippen LogP contribution >= 0.6 is 0 Å². The van der Waals surface area contributed by atoms with Gasteiger partial charge in [0.05, 0.1) is 23.4 Å². The minimum atomic E-state index is -0.423. The zero-order chi connectivity index (χ0) is 24.1. The van der Waals surface area contributed by atoms with Gasteiger partial charge in [-0.3, -0.25) is 19.6 Å². The van der Waals surface area contributed by atoms with Crippen molar-refractivity contribution in [3.63, 3.8) is 0 Å². The summed E-state index contributed by atoms with van der Waals surface area (Å²) >= 11 is 0. The first-order valence-corrected chi connectivity index (χ1v) is 10.7. The van der Waals surface area contributed by atoms with E-state index >= 15 is 0 Å². The number of amides is 1. The summed E-state index contributed by atoms with van der Waals surface area (Å²) in [7, 11) is 0. The molecule has 3 aromatic carbocycles. The Kier molecular flexibility index (Phi) is 6.68. The van der Waals surface area contributed by atoms with Crippen LogP contribution in [0.2, 0.25) is 0 Å². The molecule has 1 N–H and O–H groups in total. The van der Waals surface area contributed by atoms with Crippen molar-refractivity contribution in [1.82, 2.24) is 9.78 Å². The average Bonchev–Trinajstić information content (AvgIpc) is 3.26. The van der Waals surface area contributed by atoms with E-state index in [0.29, 0.717) is 29.1 Å². The summed E-state index contributed by atoms with van der Waals surface area (Å²) in [5, 5.41) is 18.2. The van der Waals surface area contributed by atoms with Crippen molar-refractivity contribution in [3.8, 4) is 5.75 Å². The topological polar surface area (TPSA) is 99.3 Å². The number of aryl methyl sites for hydroxylation is 2. The molecule has 0 unspecified atom stereocenters. The second-order valence-electron chi connectivity index (χ2n) is 8.00. The average molecular weight is 457 g/mol. The number of nitrogens with one attached hydrogen (secondary N) is 1. The molecule has 0 spiro atoms. The van der Waals surface area contributed by atoms with Gasteiger partial charge >= 0.3 is 0 Å². The molecule has 0 saturated carbocycles. The lowest BCUT2D eigenvalue weighted by atomic mass is 10.1. The van der Waals surface area contributed by atoms with Gasteiger partial charge in [0.1, 0.15) is 12.4 Å². The van der Waals surface area contributed by atoms with Crippen LogP contribution in [0.1, 0.15) is 32.6 Å². The molecule has 0 aliphatic carbocycles. The molecule has 0 atom stereocenters. The van der Waals surface area contributed by atoms with Crippen LogP contribution in [0.15, 0.2) is 79.1 Å². The third-order valence-corrected chi connectivity index (χ3v) is 5.44. The summed E-state index contributed by atoms with van der Waals surface area (Å²) in [6.45, 7) is 4.57. The zero-order valence-electron chi connectivity index (χ0n) is 18.9. The number of nitrogens with zero attached hydrogens (tertiary/aromatic N) is 3. The second-order valence-corrected chi connectivity index (χ2v) is 8.00. The third-order valence-electron chi connectivity index (χ3n) is 5.44. The maximum Gasteiger partial charge on any atom is 0.272 e. The SMILES string of the molecule is Cc1ccccc1Cn1cc(NC(=O)c2cccc(COc3ccc([N+](=O)[O-])c(C)c3)c2)cn1. The van der Waals surface area contributed by atoms with Crippen LogP contribution in [0.4, 0.5) is 11.4 Å². The highest BCUT2D eigenvalue weighted by atomic mass is 16.6. The number of nitro benzene ring substituents is 1. The number of hydrogen-bond acceptors (Lipinski definition) is 5. The molecule has 0 aliphatic heterocycles. The highest BCUT2D eigenvalue weighted by molar-refractivity contribution is 6.04. The molecular formula is C26H24N4O4. The van der Waals surface area contributed by atoms with E-state index in [1.807, 2.05) is 18.2 Å². The Hall–Kier alpha value is -4.46. The summed E-state index contributed by atoms with van der Waals surface area (Å²) in [4.78, 5) is 23.3. The van der Waals surface area contributed by atoms with Crippen molar-refractivity contribution in [2.45, 2.75) is 27.0 Å².